The first kappa shape index (κ1) is 9.75. The number of esters is 1. The van der Waals surface area contributed by atoms with Crippen molar-refractivity contribution in [2.45, 2.75) is 6.42 Å². The average Bonchev–Trinajstić information content (AvgIpc) is 2.09. The summed E-state index contributed by atoms with van der Waals surface area (Å²) in [5.74, 6) is -0.0896. The molecule has 0 radical (unpaired) electrons. The van der Waals surface area contributed by atoms with Gasteiger partial charge >= 0.3 is 5.97 Å². The van der Waals surface area contributed by atoms with Gasteiger partial charge in [-0.25, -0.2) is 0 Å². The van der Waals surface area contributed by atoms with Crippen LogP contribution in [-0.2, 0) is 4.79 Å². The molecule has 0 atom stereocenters. The highest BCUT2D eigenvalue weighted by molar-refractivity contribution is 9.10. The second-order valence-electron chi connectivity index (χ2n) is 2.26. The minimum atomic E-state index is -0.537. The number of carbonyl (C=O) groups excluding carboxylic acids is 1. The zero-order chi connectivity index (χ0) is 9.68. The minimum Gasteiger partial charge on any atom is -0.426 e. The number of hydrogen-bond donors (Lipinski definition) is 0. The molecule has 4 heteroatoms. The minimum absolute atomic E-state index is 0.226. The molecule has 0 aromatic heterocycles. The highest BCUT2D eigenvalue weighted by atomic mass is 79.9. The molecule has 0 spiro atoms. The van der Waals surface area contributed by atoms with Gasteiger partial charge in [0.2, 0.25) is 0 Å². The van der Waals surface area contributed by atoms with Crippen LogP contribution in [0.5, 0.6) is 5.75 Å². The molecule has 13 heavy (non-hydrogen) atoms. The van der Waals surface area contributed by atoms with E-state index in [-0.39, 0.29) is 6.42 Å². The number of benzene rings is 1. The molecule has 0 fully saturated rings. The molecule has 0 saturated carbocycles. The van der Waals surface area contributed by atoms with Crippen molar-refractivity contribution in [2.75, 3.05) is 0 Å². The molecule has 0 aliphatic rings. The molecule has 1 aromatic rings. The van der Waals surface area contributed by atoms with Crippen molar-refractivity contribution in [3.8, 4) is 11.8 Å². The molecule has 1 aromatic carbocycles. The maximum absolute atomic E-state index is 10.8. The van der Waals surface area contributed by atoms with E-state index in [4.69, 9.17) is 10.00 Å². The first-order valence-electron chi connectivity index (χ1n) is 3.55. The fraction of sp³-hybridized carbons (Fsp3) is 0.111. The van der Waals surface area contributed by atoms with E-state index < -0.39 is 5.97 Å². The van der Waals surface area contributed by atoms with E-state index in [1.165, 1.54) is 0 Å². The molecule has 0 saturated heterocycles. The summed E-state index contributed by atoms with van der Waals surface area (Å²) in [4.78, 5) is 10.8. The summed E-state index contributed by atoms with van der Waals surface area (Å²) in [7, 11) is 0. The Balaban J connectivity index is 2.60. The van der Waals surface area contributed by atoms with E-state index in [0.717, 1.165) is 4.47 Å². The van der Waals surface area contributed by atoms with Crippen molar-refractivity contribution < 1.29 is 9.53 Å². The summed E-state index contributed by atoms with van der Waals surface area (Å²) >= 11 is 3.25. The maximum atomic E-state index is 10.8. The Morgan fingerprint density at radius 3 is 2.62 bits per heavy atom. The number of halogens is 1. The maximum Gasteiger partial charge on any atom is 0.325 e. The first-order valence-corrected chi connectivity index (χ1v) is 4.35. The Bertz CT molecular complexity index is 340. The Morgan fingerprint density at radius 2 is 2.08 bits per heavy atom. The summed E-state index contributed by atoms with van der Waals surface area (Å²) in [6.45, 7) is 0. The quantitative estimate of drug-likeness (QED) is 0.588. The third kappa shape index (κ3) is 3.26. The predicted molar refractivity (Wildman–Crippen MR) is 50.0 cm³/mol. The van der Waals surface area contributed by atoms with Crippen molar-refractivity contribution >= 4 is 21.9 Å². The number of nitriles is 1. The number of ether oxygens (including phenoxy) is 1. The van der Waals surface area contributed by atoms with Gasteiger partial charge in [-0.1, -0.05) is 15.9 Å². The van der Waals surface area contributed by atoms with Crippen LogP contribution in [0.25, 0.3) is 0 Å². The Kier molecular flexibility index (Phi) is 3.47. The fourth-order valence-corrected chi connectivity index (χ4v) is 0.999. The Morgan fingerprint density at radius 1 is 1.46 bits per heavy atom. The van der Waals surface area contributed by atoms with Crippen LogP contribution in [-0.4, -0.2) is 5.97 Å². The lowest BCUT2D eigenvalue weighted by Crippen LogP contribution is -2.05. The highest BCUT2D eigenvalue weighted by Gasteiger charge is 2.02. The van der Waals surface area contributed by atoms with Gasteiger partial charge in [0.15, 0.2) is 0 Å². The van der Waals surface area contributed by atoms with Gasteiger partial charge in [0, 0.05) is 4.47 Å². The molecule has 0 unspecified atom stereocenters. The van der Waals surface area contributed by atoms with Crippen molar-refractivity contribution in [2.24, 2.45) is 0 Å². The van der Waals surface area contributed by atoms with Gasteiger partial charge < -0.3 is 4.74 Å². The van der Waals surface area contributed by atoms with Crippen LogP contribution in [0.15, 0.2) is 28.7 Å². The Hall–Kier alpha value is -1.34. The van der Waals surface area contributed by atoms with Crippen LogP contribution in [0, 0.1) is 11.3 Å². The van der Waals surface area contributed by atoms with Gasteiger partial charge in [-0.3, -0.25) is 4.79 Å². The van der Waals surface area contributed by atoms with Crippen LogP contribution < -0.4 is 4.74 Å². The molecule has 0 aliphatic carbocycles. The van der Waals surface area contributed by atoms with Crippen molar-refractivity contribution in [3.05, 3.63) is 28.7 Å². The topological polar surface area (TPSA) is 50.1 Å². The van der Waals surface area contributed by atoms with Crippen molar-refractivity contribution in [1.82, 2.24) is 0 Å². The standard InChI is InChI=1S/C9H6BrNO2/c10-7-1-3-8(4-2-7)13-9(12)5-6-11/h1-4H,5H2. The first-order chi connectivity index (χ1) is 6.22. The van der Waals surface area contributed by atoms with Crippen LogP contribution >= 0.6 is 15.9 Å². The zero-order valence-corrected chi connectivity index (χ0v) is 8.24. The van der Waals surface area contributed by atoms with Crippen LogP contribution in [0.3, 0.4) is 0 Å². The Labute approximate surface area is 84.1 Å². The van der Waals surface area contributed by atoms with Gasteiger partial charge in [0.1, 0.15) is 12.2 Å². The van der Waals surface area contributed by atoms with Gasteiger partial charge in [0.25, 0.3) is 0 Å². The van der Waals surface area contributed by atoms with Crippen LogP contribution in [0.1, 0.15) is 6.42 Å². The summed E-state index contributed by atoms with van der Waals surface area (Å²) in [5, 5.41) is 8.20. The third-order valence-electron chi connectivity index (χ3n) is 1.27. The van der Waals surface area contributed by atoms with Gasteiger partial charge in [-0.05, 0) is 24.3 Å². The predicted octanol–water partition coefficient (Wildman–Crippen LogP) is 2.27. The van der Waals surface area contributed by atoms with E-state index >= 15 is 0 Å². The number of carbonyl (C=O) groups is 1. The van der Waals surface area contributed by atoms with Crippen molar-refractivity contribution in [3.63, 3.8) is 0 Å². The molecular weight excluding hydrogens is 234 g/mol. The van der Waals surface area contributed by atoms with E-state index in [9.17, 15) is 4.79 Å². The number of nitrogens with zero attached hydrogens (tertiary/aromatic N) is 1. The third-order valence-corrected chi connectivity index (χ3v) is 1.80. The number of hydrogen-bond acceptors (Lipinski definition) is 3. The molecule has 1 rings (SSSR count). The summed E-state index contributed by atoms with van der Waals surface area (Å²) < 4.78 is 5.74. The zero-order valence-electron chi connectivity index (χ0n) is 6.66. The molecule has 0 heterocycles. The van der Waals surface area contributed by atoms with Crippen LogP contribution in [0.2, 0.25) is 0 Å². The fourth-order valence-electron chi connectivity index (χ4n) is 0.735. The summed E-state index contributed by atoms with van der Waals surface area (Å²) in [6, 6.07) is 8.54. The largest absolute Gasteiger partial charge is 0.426 e. The molecular formula is C9H6BrNO2. The second kappa shape index (κ2) is 4.63. The second-order valence-corrected chi connectivity index (χ2v) is 3.18. The van der Waals surface area contributed by atoms with E-state index in [2.05, 4.69) is 15.9 Å². The molecule has 66 valence electrons. The average molecular weight is 240 g/mol. The van der Waals surface area contributed by atoms with E-state index in [0.29, 0.717) is 5.75 Å². The van der Waals surface area contributed by atoms with Crippen molar-refractivity contribution in [1.29, 1.82) is 5.26 Å². The molecule has 0 amide bonds. The van der Waals surface area contributed by atoms with Gasteiger partial charge in [-0.2, -0.15) is 5.26 Å². The summed E-state index contributed by atoms with van der Waals surface area (Å²) in [6.07, 6.45) is -0.226. The molecule has 0 aliphatic heterocycles. The van der Waals surface area contributed by atoms with Crippen LogP contribution in [0.4, 0.5) is 0 Å². The lowest BCUT2D eigenvalue weighted by atomic mass is 10.3. The normalized spacial score (nSPS) is 8.92. The SMILES string of the molecule is N#CCC(=O)Oc1ccc(Br)cc1. The molecule has 0 bridgehead atoms. The number of rotatable bonds is 2. The highest BCUT2D eigenvalue weighted by Crippen LogP contribution is 2.16. The molecule has 3 nitrogen and oxygen atoms in total. The monoisotopic (exact) mass is 239 g/mol. The van der Waals surface area contributed by atoms with E-state index in [1.807, 2.05) is 0 Å². The van der Waals surface area contributed by atoms with E-state index in [1.54, 1.807) is 30.3 Å². The van der Waals surface area contributed by atoms with Gasteiger partial charge in [-0.15, -0.1) is 0 Å². The molecule has 0 N–H and O–H groups in total. The smallest absolute Gasteiger partial charge is 0.325 e. The lowest BCUT2D eigenvalue weighted by molar-refractivity contribution is -0.133. The summed E-state index contributed by atoms with van der Waals surface area (Å²) in [5.41, 5.74) is 0. The lowest BCUT2D eigenvalue weighted by Gasteiger charge is -2.00. The van der Waals surface area contributed by atoms with Gasteiger partial charge in [0.05, 0.1) is 6.07 Å².